The van der Waals surface area contributed by atoms with Crippen molar-refractivity contribution in [2.24, 2.45) is 0 Å². The molecule has 1 aliphatic heterocycles. The second kappa shape index (κ2) is 5.58. The van der Waals surface area contributed by atoms with E-state index in [2.05, 4.69) is 5.32 Å². The number of benzene rings is 1. The quantitative estimate of drug-likeness (QED) is 0.846. The number of amides is 1. The first-order valence-corrected chi connectivity index (χ1v) is 7.90. The second-order valence-corrected chi connectivity index (χ2v) is 6.17. The highest BCUT2D eigenvalue weighted by Crippen LogP contribution is 2.35. The van der Waals surface area contributed by atoms with Crippen molar-refractivity contribution in [1.82, 2.24) is 5.32 Å². The summed E-state index contributed by atoms with van der Waals surface area (Å²) in [6.07, 6.45) is 1.05. The van der Waals surface area contributed by atoms with Crippen molar-refractivity contribution >= 4 is 21.6 Å². The van der Waals surface area contributed by atoms with Crippen LogP contribution in [0.25, 0.3) is 0 Å². The first-order chi connectivity index (χ1) is 9.41. The zero-order chi connectivity index (χ0) is 14.8. The first kappa shape index (κ1) is 14.4. The largest absolute Gasteiger partial charge is 0.454 e. The van der Waals surface area contributed by atoms with Gasteiger partial charge in [-0.15, -0.1) is 0 Å². The maximum Gasteiger partial charge on any atom is 0.240 e. The summed E-state index contributed by atoms with van der Waals surface area (Å²) in [6, 6.07) is 4.74. The molecular formula is C12H16N2O5S. The van der Waals surface area contributed by atoms with Crippen LogP contribution in [0, 0.1) is 0 Å². The van der Waals surface area contributed by atoms with E-state index in [1.165, 1.54) is 0 Å². The molecule has 20 heavy (non-hydrogen) atoms. The van der Waals surface area contributed by atoms with E-state index in [-0.39, 0.29) is 19.2 Å². The van der Waals surface area contributed by atoms with E-state index >= 15 is 0 Å². The van der Waals surface area contributed by atoms with Crippen LogP contribution in [0.5, 0.6) is 11.5 Å². The molecule has 1 N–H and O–H groups in total. The predicted molar refractivity (Wildman–Crippen MR) is 73.4 cm³/mol. The van der Waals surface area contributed by atoms with Crippen molar-refractivity contribution in [3.05, 3.63) is 18.2 Å². The summed E-state index contributed by atoms with van der Waals surface area (Å²) in [4.78, 5) is 11.6. The Morgan fingerprint density at radius 2 is 2.05 bits per heavy atom. The average molecular weight is 300 g/mol. The van der Waals surface area contributed by atoms with Gasteiger partial charge in [0, 0.05) is 12.6 Å². The van der Waals surface area contributed by atoms with Gasteiger partial charge in [-0.25, -0.2) is 8.42 Å². The lowest BCUT2D eigenvalue weighted by Gasteiger charge is -2.21. The van der Waals surface area contributed by atoms with E-state index in [1.54, 1.807) is 25.1 Å². The molecular weight excluding hydrogens is 284 g/mol. The standard InChI is InChI=1S/C12H16N2O5S/c1-3-13-12(15)7-14(20(2,16)17)9-4-5-10-11(6-9)19-8-18-10/h4-6H,3,7-8H2,1-2H3,(H,13,15). The number of anilines is 1. The Hall–Kier alpha value is -1.96. The van der Waals surface area contributed by atoms with Gasteiger partial charge in [-0.05, 0) is 19.1 Å². The molecule has 0 atom stereocenters. The number of likely N-dealkylation sites (N-methyl/N-ethyl adjacent to an activating group) is 1. The number of ether oxygens (including phenoxy) is 2. The normalized spacial score (nSPS) is 13.1. The minimum atomic E-state index is -3.57. The van der Waals surface area contributed by atoms with Gasteiger partial charge in [0.25, 0.3) is 0 Å². The van der Waals surface area contributed by atoms with Crippen molar-refractivity contribution in [2.45, 2.75) is 6.92 Å². The van der Waals surface area contributed by atoms with E-state index < -0.39 is 10.0 Å². The minimum absolute atomic E-state index is 0.105. The molecule has 0 bridgehead atoms. The van der Waals surface area contributed by atoms with Crippen LogP contribution < -0.4 is 19.1 Å². The Bertz CT molecular complexity index is 614. The molecule has 1 amide bonds. The molecule has 0 aliphatic carbocycles. The van der Waals surface area contributed by atoms with E-state index in [4.69, 9.17) is 9.47 Å². The molecule has 7 nitrogen and oxygen atoms in total. The van der Waals surface area contributed by atoms with Crippen LogP contribution in [0.15, 0.2) is 18.2 Å². The third kappa shape index (κ3) is 3.13. The molecule has 1 aromatic carbocycles. The van der Waals surface area contributed by atoms with Gasteiger partial charge in [-0.3, -0.25) is 9.10 Å². The molecule has 1 heterocycles. The Morgan fingerprint density at radius 1 is 1.35 bits per heavy atom. The van der Waals surface area contributed by atoms with Crippen LogP contribution >= 0.6 is 0 Å². The van der Waals surface area contributed by atoms with Crippen LogP contribution in [0.3, 0.4) is 0 Å². The van der Waals surface area contributed by atoms with Crippen molar-refractivity contribution in [2.75, 3.05) is 30.4 Å². The number of nitrogens with zero attached hydrogens (tertiary/aromatic N) is 1. The van der Waals surface area contributed by atoms with E-state index in [9.17, 15) is 13.2 Å². The van der Waals surface area contributed by atoms with Gasteiger partial charge >= 0.3 is 0 Å². The summed E-state index contributed by atoms with van der Waals surface area (Å²) in [5.74, 6) is 0.655. The number of fused-ring (bicyclic) bond motifs is 1. The average Bonchev–Trinajstić information content (AvgIpc) is 2.82. The fourth-order valence-electron chi connectivity index (χ4n) is 1.82. The van der Waals surface area contributed by atoms with Crippen LogP contribution in [0.2, 0.25) is 0 Å². The highest BCUT2D eigenvalue weighted by atomic mass is 32.2. The first-order valence-electron chi connectivity index (χ1n) is 6.06. The number of carbonyl (C=O) groups excluding carboxylic acids is 1. The number of carbonyl (C=O) groups is 1. The topological polar surface area (TPSA) is 84.9 Å². The lowest BCUT2D eigenvalue weighted by Crippen LogP contribution is -2.40. The van der Waals surface area contributed by atoms with Gasteiger partial charge in [-0.1, -0.05) is 0 Å². The molecule has 2 rings (SSSR count). The summed E-state index contributed by atoms with van der Waals surface area (Å²) < 4.78 is 35.1. The summed E-state index contributed by atoms with van der Waals surface area (Å²) in [5.41, 5.74) is 0.364. The van der Waals surface area contributed by atoms with Gasteiger partial charge in [0.2, 0.25) is 22.7 Å². The Morgan fingerprint density at radius 3 is 2.70 bits per heavy atom. The fraction of sp³-hybridized carbons (Fsp3) is 0.417. The van der Waals surface area contributed by atoms with Crippen LogP contribution in [-0.4, -0.2) is 40.5 Å². The monoisotopic (exact) mass is 300 g/mol. The molecule has 0 saturated heterocycles. The third-order valence-electron chi connectivity index (χ3n) is 2.71. The van der Waals surface area contributed by atoms with Gasteiger partial charge in [-0.2, -0.15) is 0 Å². The van der Waals surface area contributed by atoms with Gasteiger partial charge in [0.05, 0.1) is 11.9 Å². The maximum absolute atomic E-state index is 11.8. The zero-order valence-electron chi connectivity index (χ0n) is 11.3. The summed E-state index contributed by atoms with van der Waals surface area (Å²) in [7, 11) is -3.57. The van der Waals surface area contributed by atoms with Crippen molar-refractivity contribution in [3.8, 4) is 11.5 Å². The number of hydrogen-bond acceptors (Lipinski definition) is 5. The summed E-state index contributed by atoms with van der Waals surface area (Å²) in [6.45, 7) is 2.04. The summed E-state index contributed by atoms with van der Waals surface area (Å²) in [5, 5.41) is 2.57. The lowest BCUT2D eigenvalue weighted by atomic mass is 10.3. The molecule has 0 spiro atoms. The van der Waals surface area contributed by atoms with Crippen LogP contribution in [0.4, 0.5) is 5.69 Å². The molecule has 8 heteroatoms. The predicted octanol–water partition coefficient (Wildman–Crippen LogP) is 0.317. The van der Waals surface area contributed by atoms with Gasteiger partial charge in [0.15, 0.2) is 11.5 Å². The number of rotatable bonds is 5. The number of sulfonamides is 1. The molecule has 0 fully saturated rings. The highest BCUT2D eigenvalue weighted by Gasteiger charge is 2.23. The highest BCUT2D eigenvalue weighted by molar-refractivity contribution is 7.92. The van der Waals surface area contributed by atoms with Crippen molar-refractivity contribution < 1.29 is 22.7 Å². The summed E-state index contributed by atoms with van der Waals surface area (Å²) >= 11 is 0. The minimum Gasteiger partial charge on any atom is -0.454 e. The van der Waals surface area contributed by atoms with Gasteiger partial charge in [0.1, 0.15) is 6.54 Å². The lowest BCUT2D eigenvalue weighted by molar-refractivity contribution is -0.119. The van der Waals surface area contributed by atoms with Gasteiger partial charge < -0.3 is 14.8 Å². The van der Waals surface area contributed by atoms with Crippen LogP contribution in [0.1, 0.15) is 6.92 Å². The van der Waals surface area contributed by atoms with E-state index in [0.717, 1.165) is 10.6 Å². The number of hydrogen-bond donors (Lipinski definition) is 1. The number of nitrogens with one attached hydrogen (secondary N) is 1. The second-order valence-electron chi connectivity index (χ2n) is 4.26. The molecule has 0 unspecified atom stereocenters. The molecule has 0 saturated carbocycles. The smallest absolute Gasteiger partial charge is 0.240 e. The Labute approximate surface area is 117 Å². The zero-order valence-corrected chi connectivity index (χ0v) is 12.1. The SMILES string of the molecule is CCNC(=O)CN(c1ccc2c(c1)OCO2)S(C)(=O)=O. The van der Waals surface area contributed by atoms with Crippen molar-refractivity contribution in [1.29, 1.82) is 0 Å². The molecule has 0 aromatic heterocycles. The van der Waals surface area contributed by atoms with Crippen molar-refractivity contribution in [3.63, 3.8) is 0 Å². The van der Waals surface area contributed by atoms with E-state index in [1.807, 2.05) is 0 Å². The molecule has 110 valence electrons. The maximum atomic E-state index is 11.8. The van der Waals surface area contributed by atoms with Crippen LogP contribution in [-0.2, 0) is 14.8 Å². The fourth-order valence-corrected chi connectivity index (χ4v) is 2.67. The molecule has 0 radical (unpaired) electrons. The molecule has 1 aliphatic rings. The van der Waals surface area contributed by atoms with E-state index in [0.29, 0.717) is 23.7 Å². The Kier molecular flexibility index (Phi) is 4.03. The third-order valence-corrected chi connectivity index (χ3v) is 3.85. The Balaban J connectivity index is 2.30. The molecule has 1 aromatic rings.